The zero-order chi connectivity index (χ0) is 15.7. The Labute approximate surface area is 115 Å². The summed E-state index contributed by atoms with van der Waals surface area (Å²) in [6, 6.07) is 5.13. The van der Waals surface area contributed by atoms with Crippen LogP contribution in [0.25, 0.3) is 0 Å². The highest BCUT2D eigenvalue weighted by atomic mass is 32.2. The van der Waals surface area contributed by atoms with E-state index in [1.165, 1.54) is 12.1 Å². The van der Waals surface area contributed by atoms with Gasteiger partial charge in [0.15, 0.2) is 4.90 Å². The fraction of sp³-hybridized carbons (Fsp3) is 0.500. The van der Waals surface area contributed by atoms with Crippen molar-refractivity contribution in [1.82, 2.24) is 0 Å². The van der Waals surface area contributed by atoms with E-state index >= 15 is 0 Å². The van der Waals surface area contributed by atoms with Gasteiger partial charge in [0.25, 0.3) is 11.9 Å². The van der Waals surface area contributed by atoms with Crippen LogP contribution in [0.4, 0.5) is 26.3 Å². The van der Waals surface area contributed by atoms with E-state index in [1.807, 2.05) is 0 Å². The molecule has 1 nitrogen and oxygen atoms in total. The molecule has 8 heteroatoms. The van der Waals surface area contributed by atoms with Crippen molar-refractivity contribution >= 4 is 11.2 Å². The minimum atomic E-state index is -5.51. The lowest BCUT2D eigenvalue weighted by molar-refractivity contribution is -0.266. The third-order valence-electron chi connectivity index (χ3n) is 2.98. The topological polar surface area (TPSA) is 23.1 Å². The van der Waals surface area contributed by atoms with Gasteiger partial charge < -0.3 is 4.55 Å². The molecule has 1 aromatic rings. The van der Waals surface area contributed by atoms with Crippen molar-refractivity contribution in [3.8, 4) is 0 Å². The smallest absolute Gasteiger partial charge is 0.407 e. The summed E-state index contributed by atoms with van der Waals surface area (Å²) in [5.74, 6) is 0. The number of hydrogen-bond acceptors (Lipinski definition) is 1. The standard InChI is InChI=1S/C12H12F6OS/c1-7-3-5-8(6-4-7)20(19)10(15)11(2,9(13)14)12(16,17)18/h3-6,9-10H,1-2H3. The van der Waals surface area contributed by atoms with Crippen LogP contribution in [-0.2, 0) is 11.2 Å². The fourth-order valence-corrected chi connectivity index (χ4v) is 2.69. The number of benzene rings is 1. The maximum atomic E-state index is 13.9. The molecule has 0 bridgehead atoms. The molecule has 0 N–H and O–H groups in total. The number of alkyl halides is 6. The summed E-state index contributed by atoms with van der Waals surface area (Å²) in [4.78, 5) is -0.265. The van der Waals surface area contributed by atoms with E-state index in [0.29, 0.717) is 5.56 Å². The molecule has 114 valence electrons. The highest BCUT2D eigenvalue weighted by Crippen LogP contribution is 2.49. The van der Waals surface area contributed by atoms with Crippen molar-refractivity contribution in [2.45, 2.75) is 36.8 Å². The van der Waals surface area contributed by atoms with Gasteiger partial charge in [-0.15, -0.1) is 0 Å². The van der Waals surface area contributed by atoms with Crippen molar-refractivity contribution in [2.24, 2.45) is 5.41 Å². The molecule has 0 aromatic heterocycles. The molecule has 0 fully saturated rings. The average molecular weight is 318 g/mol. The maximum absolute atomic E-state index is 13.9. The Morgan fingerprint density at radius 1 is 1.05 bits per heavy atom. The summed E-state index contributed by atoms with van der Waals surface area (Å²) in [7, 11) is 0. The zero-order valence-electron chi connectivity index (χ0n) is 10.5. The first-order valence-electron chi connectivity index (χ1n) is 5.48. The number of halogens is 6. The van der Waals surface area contributed by atoms with Gasteiger partial charge in [0, 0.05) is 11.2 Å². The molecule has 0 saturated carbocycles. The van der Waals surface area contributed by atoms with Gasteiger partial charge in [-0.2, -0.15) is 17.6 Å². The summed E-state index contributed by atoms with van der Waals surface area (Å²) in [5, 5.41) is 0. The molecule has 3 unspecified atom stereocenters. The lowest BCUT2D eigenvalue weighted by Gasteiger charge is -2.33. The van der Waals surface area contributed by atoms with Crippen molar-refractivity contribution in [2.75, 3.05) is 0 Å². The van der Waals surface area contributed by atoms with E-state index in [9.17, 15) is 30.9 Å². The Morgan fingerprint density at radius 3 is 1.85 bits per heavy atom. The van der Waals surface area contributed by atoms with Crippen LogP contribution in [0.15, 0.2) is 29.2 Å². The minimum absolute atomic E-state index is 0.0361. The molecule has 0 amide bonds. The van der Waals surface area contributed by atoms with Gasteiger partial charge in [-0.1, -0.05) is 17.7 Å². The minimum Gasteiger partial charge on any atom is -0.609 e. The van der Waals surface area contributed by atoms with Crippen molar-refractivity contribution in [3.63, 3.8) is 0 Å². The van der Waals surface area contributed by atoms with Crippen LogP contribution in [0.5, 0.6) is 0 Å². The van der Waals surface area contributed by atoms with Crippen molar-refractivity contribution in [3.05, 3.63) is 29.8 Å². The van der Waals surface area contributed by atoms with Crippen LogP contribution in [-0.4, -0.2) is 22.7 Å². The van der Waals surface area contributed by atoms with Gasteiger partial charge in [0.1, 0.15) is 0 Å². The summed E-state index contributed by atoms with van der Waals surface area (Å²) in [6.45, 7) is 1.70. The summed E-state index contributed by atoms with van der Waals surface area (Å²) >= 11 is -2.84. The molecular formula is C12H12F6OS. The van der Waals surface area contributed by atoms with Gasteiger partial charge in [-0.25, -0.2) is 8.78 Å². The lowest BCUT2D eigenvalue weighted by Crippen LogP contribution is -2.51. The molecule has 0 aliphatic carbocycles. The van der Waals surface area contributed by atoms with Gasteiger partial charge in [0.2, 0.25) is 5.41 Å². The quantitative estimate of drug-likeness (QED) is 0.602. The van der Waals surface area contributed by atoms with Crippen molar-refractivity contribution < 1.29 is 30.9 Å². The van der Waals surface area contributed by atoms with Crippen LogP contribution < -0.4 is 0 Å². The maximum Gasteiger partial charge on any atom is 0.407 e. The Bertz CT molecular complexity index is 446. The summed E-state index contributed by atoms with van der Waals surface area (Å²) < 4.78 is 89.1. The van der Waals surface area contributed by atoms with E-state index in [4.69, 9.17) is 0 Å². The largest absolute Gasteiger partial charge is 0.609 e. The van der Waals surface area contributed by atoms with Crippen LogP contribution in [0.1, 0.15) is 12.5 Å². The first-order chi connectivity index (χ1) is 9.01. The fourth-order valence-electron chi connectivity index (χ4n) is 1.37. The predicted molar refractivity (Wildman–Crippen MR) is 62.6 cm³/mol. The van der Waals surface area contributed by atoms with E-state index in [-0.39, 0.29) is 11.8 Å². The summed E-state index contributed by atoms with van der Waals surface area (Å²) in [5.41, 5.74) is -6.53. The normalized spacial score (nSPS) is 18.7. The molecule has 0 heterocycles. The van der Waals surface area contributed by atoms with Gasteiger partial charge in [0.05, 0.1) is 0 Å². The summed E-state index contributed by atoms with van der Waals surface area (Å²) in [6.07, 6.45) is -9.53. The molecule has 1 aromatic carbocycles. The number of aryl methyl sites for hydroxylation is 1. The van der Waals surface area contributed by atoms with E-state index in [1.54, 1.807) is 6.92 Å². The molecule has 0 aliphatic heterocycles. The molecule has 0 aliphatic rings. The van der Waals surface area contributed by atoms with Crippen molar-refractivity contribution in [1.29, 1.82) is 0 Å². The molecule has 0 saturated heterocycles. The number of hydrogen-bond donors (Lipinski definition) is 0. The van der Waals surface area contributed by atoms with E-state index in [2.05, 4.69) is 0 Å². The predicted octanol–water partition coefficient (Wildman–Crippen LogP) is 4.23. The second kappa shape index (κ2) is 5.85. The molecule has 0 radical (unpaired) electrons. The molecule has 20 heavy (non-hydrogen) atoms. The van der Waals surface area contributed by atoms with Gasteiger partial charge >= 0.3 is 6.18 Å². The zero-order valence-corrected chi connectivity index (χ0v) is 11.4. The number of rotatable bonds is 4. The highest BCUT2D eigenvalue weighted by molar-refractivity contribution is 7.92. The molecular weight excluding hydrogens is 306 g/mol. The molecule has 3 atom stereocenters. The van der Waals surface area contributed by atoms with Crippen LogP contribution in [0.3, 0.4) is 0 Å². The van der Waals surface area contributed by atoms with E-state index < -0.39 is 34.7 Å². The average Bonchev–Trinajstić information content (AvgIpc) is 2.35. The first-order valence-corrected chi connectivity index (χ1v) is 6.69. The SMILES string of the molecule is Cc1ccc([S+]([O-])C(F)C(C)(C(F)F)C(F)(F)F)cc1. The van der Waals surface area contributed by atoms with Gasteiger partial charge in [-0.3, -0.25) is 0 Å². The van der Waals surface area contributed by atoms with E-state index in [0.717, 1.165) is 12.1 Å². The first kappa shape index (κ1) is 17.2. The second-order valence-corrected chi connectivity index (χ2v) is 5.99. The van der Waals surface area contributed by atoms with Crippen LogP contribution >= 0.6 is 0 Å². The Morgan fingerprint density at radius 2 is 1.50 bits per heavy atom. The van der Waals surface area contributed by atoms with Crippen LogP contribution in [0.2, 0.25) is 0 Å². The second-order valence-electron chi connectivity index (χ2n) is 4.51. The highest BCUT2D eigenvalue weighted by Gasteiger charge is 2.67. The third kappa shape index (κ3) is 3.06. The Hall–Kier alpha value is -0.890. The van der Waals surface area contributed by atoms with Gasteiger partial charge in [-0.05, 0) is 26.0 Å². The monoisotopic (exact) mass is 318 g/mol. The lowest BCUT2D eigenvalue weighted by atomic mass is 9.92. The Kier molecular flexibility index (Phi) is 5.02. The molecule has 1 rings (SSSR count). The van der Waals surface area contributed by atoms with Crippen LogP contribution in [0, 0.1) is 12.3 Å². The Balaban J connectivity index is 3.13. The molecule has 0 spiro atoms. The third-order valence-corrected chi connectivity index (χ3v) is 4.58.